The van der Waals surface area contributed by atoms with Crippen molar-refractivity contribution in [3.63, 3.8) is 0 Å². The molecule has 0 saturated carbocycles. The molecule has 0 fully saturated rings. The Morgan fingerprint density at radius 3 is 2.74 bits per heavy atom. The number of ether oxygens (including phenoxy) is 2. The highest BCUT2D eigenvalue weighted by atomic mass is 16.5. The second-order valence-electron chi connectivity index (χ2n) is 7.08. The van der Waals surface area contributed by atoms with Crippen LogP contribution in [0.3, 0.4) is 0 Å². The number of nitrogens with zero attached hydrogens (tertiary/aromatic N) is 1. The number of benzene rings is 2. The maximum absolute atomic E-state index is 13.0. The number of hydrogen-bond donors (Lipinski definition) is 2. The van der Waals surface area contributed by atoms with Crippen molar-refractivity contribution in [3.05, 3.63) is 72.1 Å². The van der Waals surface area contributed by atoms with Crippen LogP contribution in [0.5, 0.6) is 5.75 Å². The fourth-order valence-electron chi connectivity index (χ4n) is 3.64. The van der Waals surface area contributed by atoms with Crippen molar-refractivity contribution in [2.24, 2.45) is 0 Å². The Labute approximate surface area is 179 Å². The number of nitrogens with one attached hydrogen (secondary N) is 2. The average Bonchev–Trinajstić information content (AvgIpc) is 3.14. The van der Waals surface area contributed by atoms with E-state index < -0.39 is 11.9 Å². The van der Waals surface area contributed by atoms with Crippen LogP contribution < -0.4 is 15.4 Å². The molecule has 0 bridgehead atoms. The van der Waals surface area contributed by atoms with Crippen LogP contribution in [0.1, 0.15) is 15.9 Å². The van der Waals surface area contributed by atoms with Crippen molar-refractivity contribution in [2.75, 3.05) is 25.6 Å². The summed E-state index contributed by atoms with van der Waals surface area (Å²) < 4.78 is 10.2. The number of hydrogen-bond acceptors (Lipinski definition) is 6. The molecule has 2 aromatic carbocycles. The van der Waals surface area contributed by atoms with Crippen LogP contribution in [0.25, 0.3) is 11.1 Å². The first-order valence-corrected chi connectivity index (χ1v) is 9.63. The molecule has 0 radical (unpaired) electrons. The van der Waals surface area contributed by atoms with Gasteiger partial charge in [0.05, 0.1) is 19.3 Å². The van der Waals surface area contributed by atoms with Crippen LogP contribution in [0.4, 0.5) is 5.69 Å². The molecular formula is C23H21N3O5. The summed E-state index contributed by atoms with van der Waals surface area (Å²) in [6.45, 7) is 8.72. The van der Waals surface area contributed by atoms with E-state index in [4.69, 9.17) is 4.74 Å². The molecule has 2 amide bonds. The normalized spacial score (nSPS) is 14.0. The van der Waals surface area contributed by atoms with Crippen molar-refractivity contribution >= 4 is 23.5 Å². The van der Waals surface area contributed by atoms with Crippen molar-refractivity contribution in [1.29, 1.82) is 0 Å². The van der Waals surface area contributed by atoms with Gasteiger partial charge in [0.15, 0.2) is 0 Å². The first-order valence-electron chi connectivity index (χ1n) is 9.63. The summed E-state index contributed by atoms with van der Waals surface area (Å²) in [6, 6.07) is 11.3. The Morgan fingerprint density at radius 1 is 1.19 bits per heavy atom. The van der Waals surface area contributed by atoms with Crippen LogP contribution in [-0.2, 0) is 20.9 Å². The molecule has 2 aliphatic heterocycles. The van der Waals surface area contributed by atoms with Gasteiger partial charge in [-0.3, -0.25) is 14.5 Å². The molecular weight excluding hydrogens is 398 g/mol. The zero-order valence-corrected chi connectivity index (χ0v) is 17.0. The van der Waals surface area contributed by atoms with Crippen molar-refractivity contribution in [1.82, 2.24) is 10.2 Å². The molecule has 31 heavy (non-hydrogen) atoms. The van der Waals surface area contributed by atoms with E-state index in [-0.39, 0.29) is 23.8 Å². The zero-order chi connectivity index (χ0) is 22.1. The van der Waals surface area contributed by atoms with E-state index in [0.717, 1.165) is 34.7 Å². The highest BCUT2D eigenvalue weighted by molar-refractivity contribution is 6.07. The third-order valence-corrected chi connectivity index (χ3v) is 5.22. The van der Waals surface area contributed by atoms with Gasteiger partial charge in [-0.1, -0.05) is 31.4 Å². The van der Waals surface area contributed by atoms with Gasteiger partial charge in [0.1, 0.15) is 23.8 Å². The molecule has 2 N–H and O–H groups in total. The highest BCUT2D eigenvalue weighted by Gasteiger charge is 2.33. The summed E-state index contributed by atoms with van der Waals surface area (Å²) in [5.41, 5.74) is 3.69. The summed E-state index contributed by atoms with van der Waals surface area (Å²) >= 11 is 0. The lowest BCUT2D eigenvalue weighted by atomic mass is 9.96. The van der Waals surface area contributed by atoms with Gasteiger partial charge in [-0.25, -0.2) is 4.79 Å². The first-order chi connectivity index (χ1) is 14.9. The van der Waals surface area contributed by atoms with E-state index >= 15 is 0 Å². The summed E-state index contributed by atoms with van der Waals surface area (Å²) in [4.78, 5) is 38.2. The predicted octanol–water partition coefficient (Wildman–Crippen LogP) is 2.43. The third-order valence-electron chi connectivity index (χ3n) is 5.22. The fourth-order valence-corrected chi connectivity index (χ4v) is 3.64. The molecule has 0 atom stereocenters. The minimum absolute atomic E-state index is 0.0855. The average molecular weight is 419 g/mol. The number of carbonyl (C=O) groups is 3. The molecule has 0 aromatic heterocycles. The second-order valence-corrected chi connectivity index (χ2v) is 7.08. The fraction of sp³-hybridized carbons (Fsp3) is 0.174. The van der Waals surface area contributed by atoms with Crippen molar-refractivity contribution in [2.45, 2.75) is 6.54 Å². The molecule has 2 aliphatic rings. The van der Waals surface area contributed by atoms with Crippen LogP contribution >= 0.6 is 0 Å². The summed E-state index contributed by atoms with van der Waals surface area (Å²) in [5.74, 6) is -1.02. The second kappa shape index (κ2) is 7.98. The van der Waals surface area contributed by atoms with Gasteiger partial charge >= 0.3 is 5.97 Å². The zero-order valence-electron chi connectivity index (χ0n) is 17.0. The number of methoxy groups -OCH3 is 1. The lowest BCUT2D eigenvalue weighted by Gasteiger charge is -2.20. The predicted molar refractivity (Wildman–Crippen MR) is 114 cm³/mol. The topological polar surface area (TPSA) is 97.0 Å². The molecule has 4 rings (SSSR count). The SMILES string of the molecule is C=C(NC(=O)C(=C)N1Cc2c(cccc2-c2ccc3c(c2)NCCO3)C1=O)C(=O)OC. The lowest BCUT2D eigenvalue weighted by Crippen LogP contribution is -2.36. The van der Waals surface area contributed by atoms with Crippen LogP contribution in [0, 0.1) is 0 Å². The third kappa shape index (κ3) is 3.63. The Morgan fingerprint density at radius 2 is 1.97 bits per heavy atom. The van der Waals surface area contributed by atoms with Gasteiger partial charge in [0, 0.05) is 12.1 Å². The van der Waals surface area contributed by atoms with E-state index in [9.17, 15) is 14.4 Å². The maximum Gasteiger partial charge on any atom is 0.353 e. The minimum Gasteiger partial charge on any atom is -0.490 e. The standard InChI is InChI=1S/C23H21N3O5/c1-13(23(29)30-3)25-21(27)14(2)26-12-18-16(5-4-6-17(18)22(26)28)15-7-8-20-19(11-15)24-9-10-31-20/h4-8,11,24H,1-2,9-10,12H2,3H3,(H,25,27). The smallest absolute Gasteiger partial charge is 0.353 e. The van der Waals surface area contributed by atoms with E-state index in [1.165, 1.54) is 12.0 Å². The highest BCUT2D eigenvalue weighted by Crippen LogP contribution is 2.37. The number of anilines is 1. The summed E-state index contributed by atoms with van der Waals surface area (Å²) in [5, 5.41) is 5.62. The summed E-state index contributed by atoms with van der Waals surface area (Å²) in [6.07, 6.45) is 0. The number of esters is 1. The van der Waals surface area contributed by atoms with Gasteiger partial charge in [0.25, 0.3) is 11.8 Å². The van der Waals surface area contributed by atoms with Gasteiger partial charge in [-0.15, -0.1) is 0 Å². The van der Waals surface area contributed by atoms with Gasteiger partial charge in [0.2, 0.25) is 0 Å². The van der Waals surface area contributed by atoms with Gasteiger partial charge in [-0.05, 0) is 34.9 Å². The maximum atomic E-state index is 13.0. The summed E-state index contributed by atoms with van der Waals surface area (Å²) in [7, 11) is 1.18. The number of rotatable bonds is 5. The Hall–Kier alpha value is -4.07. The Balaban J connectivity index is 1.60. The molecule has 0 spiro atoms. The van der Waals surface area contributed by atoms with E-state index in [1.807, 2.05) is 24.3 Å². The number of carbonyl (C=O) groups excluding carboxylic acids is 3. The first kappa shape index (κ1) is 20.2. The Kier molecular flexibility index (Phi) is 5.21. The van der Waals surface area contributed by atoms with E-state index in [2.05, 4.69) is 28.5 Å². The van der Waals surface area contributed by atoms with E-state index in [0.29, 0.717) is 12.2 Å². The van der Waals surface area contributed by atoms with Crippen molar-refractivity contribution < 1.29 is 23.9 Å². The van der Waals surface area contributed by atoms with Crippen LogP contribution in [0.15, 0.2) is 61.0 Å². The van der Waals surface area contributed by atoms with Gasteiger partial charge in [-0.2, -0.15) is 0 Å². The van der Waals surface area contributed by atoms with E-state index in [1.54, 1.807) is 12.1 Å². The van der Waals surface area contributed by atoms with Crippen molar-refractivity contribution in [3.8, 4) is 16.9 Å². The van der Waals surface area contributed by atoms with Crippen LogP contribution in [0.2, 0.25) is 0 Å². The Bertz CT molecular complexity index is 1140. The number of amides is 2. The molecule has 2 aromatic rings. The molecule has 0 unspecified atom stereocenters. The molecule has 8 heteroatoms. The van der Waals surface area contributed by atoms with Gasteiger partial charge < -0.3 is 20.1 Å². The number of fused-ring (bicyclic) bond motifs is 2. The molecule has 0 aliphatic carbocycles. The van der Waals surface area contributed by atoms with Crippen LogP contribution in [-0.4, -0.2) is 42.9 Å². The molecule has 158 valence electrons. The largest absolute Gasteiger partial charge is 0.490 e. The lowest BCUT2D eigenvalue weighted by molar-refractivity contribution is -0.137. The molecule has 2 heterocycles. The minimum atomic E-state index is -0.774. The quantitative estimate of drug-likeness (QED) is 0.571. The monoisotopic (exact) mass is 419 g/mol. The molecule has 0 saturated heterocycles. The molecule has 8 nitrogen and oxygen atoms in total.